The van der Waals surface area contributed by atoms with E-state index in [1.54, 1.807) is 4.90 Å². The third kappa shape index (κ3) is 4.49. The highest BCUT2D eigenvalue weighted by atomic mass is 16.6. The summed E-state index contributed by atoms with van der Waals surface area (Å²) in [4.78, 5) is 13.8. The minimum Gasteiger partial charge on any atom is -0.445 e. The van der Waals surface area contributed by atoms with Gasteiger partial charge in [0.2, 0.25) is 0 Å². The molecule has 0 unspecified atom stereocenters. The van der Waals surface area contributed by atoms with Crippen LogP contribution in [0.3, 0.4) is 0 Å². The van der Waals surface area contributed by atoms with Crippen LogP contribution in [-0.2, 0) is 11.3 Å². The molecule has 120 valence electrons. The van der Waals surface area contributed by atoms with Crippen molar-refractivity contribution in [1.82, 2.24) is 4.90 Å². The summed E-state index contributed by atoms with van der Waals surface area (Å²) in [6, 6.07) is 18.0. The van der Waals surface area contributed by atoms with Crippen molar-refractivity contribution in [3.8, 4) is 0 Å². The average Bonchev–Trinajstić information content (AvgIpc) is 2.62. The zero-order chi connectivity index (χ0) is 15.9. The number of likely N-dealkylation sites (tertiary alicyclic amines) is 1. The van der Waals surface area contributed by atoms with Crippen LogP contribution in [0.25, 0.3) is 0 Å². The Morgan fingerprint density at radius 1 is 0.913 bits per heavy atom. The fourth-order valence-electron chi connectivity index (χ4n) is 2.69. The van der Waals surface area contributed by atoms with E-state index in [1.807, 2.05) is 54.6 Å². The van der Waals surface area contributed by atoms with Gasteiger partial charge in [0.1, 0.15) is 6.61 Å². The van der Waals surface area contributed by atoms with Crippen molar-refractivity contribution in [1.29, 1.82) is 0 Å². The van der Waals surface area contributed by atoms with Gasteiger partial charge in [0, 0.05) is 24.5 Å². The summed E-state index contributed by atoms with van der Waals surface area (Å²) in [7, 11) is 0. The molecular formula is C19H22N2O2. The molecule has 1 N–H and O–H groups in total. The predicted molar refractivity (Wildman–Crippen MR) is 91.8 cm³/mol. The number of benzene rings is 2. The molecule has 1 aliphatic rings. The van der Waals surface area contributed by atoms with Crippen LogP contribution in [-0.4, -0.2) is 24.1 Å². The van der Waals surface area contributed by atoms with Gasteiger partial charge in [-0.1, -0.05) is 30.3 Å². The molecule has 23 heavy (non-hydrogen) atoms. The maximum atomic E-state index is 12.0. The van der Waals surface area contributed by atoms with Crippen molar-refractivity contribution in [2.75, 3.05) is 18.4 Å². The summed E-state index contributed by atoms with van der Waals surface area (Å²) in [6.45, 7) is 1.96. The molecule has 4 heteroatoms. The summed E-state index contributed by atoms with van der Waals surface area (Å²) in [5.74, 6) is 0. The number of piperidine rings is 1. The minimum absolute atomic E-state index is 0.198. The molecule has 0 aliphatic carbocycles. The second-order valence-electron chi connectivity index (χ2n) is 5.79. The molecule has 2 aromatic rings. The summed E-state index contributed by atoms with van der Waals surface area (Å²) in [6.07, 6.45) is 3.17. The molecule has 0 atom stereocenters. The van der Waals surface area contributed by atoms with E-state index in [1.165, 1.54) is 6.42 Å². The molecule has 0 bridgehead atoms. The Labute approximate surface area is 137 Å². The molecular weight excluding hydrogens is 288 g/mol. The smallest absolute Gasteiger partial charge is 0.410 e. The van der Waals surface area contributed by atoms with Crippen LogP contribution >= 0.6 is 0 Å². The first-order valence-corrected chi connectivity index (χ1v) is 8.14. The van der Waals surface area contributed by atoms with E-state index in [-0.39, 0.29) is 6.09 Å². The largest absolute Gasteiger partial charge is 0.445 e. The first-order chi connectivity index (χ1) is 11.3. The number of carbonyl (C=O) groups is 1. The van der Waals surface area contributed by atoms with Crippen molar-refractivity contribution in [3.05, 3.63) is 60.2 Å². The Hall–Kier alpha value is -2.49. The van der Waals surface area contributed by atoms with Crippen molar-refractivity contribution in [2.45, 2.75) is 25.9 Å². The summed E-state index contributed by atoms with van der Waals surface area (Å²) in [5, 5.41) is 3.33. The monoisotopic (exact) mass is 310 g/mol. The van der Waals surface area contributed by atoms with Crippen LogP contribution in [0.4, 0.5) is 16.2 Å². The van der Waals surface area contributed by atoms with Crippen molar-refractivity contribution in [3.63, 3.8) is 0 Å². The number of rotatable bonds is 4. The Balaban J connectivity index is 1.50. The quantitative estimate of drug-likeness (QED) is 0.900. The van der Waals surface area contributed by atoms with Crippen LogP contribution in [0.1, 0.15) is 24.8 Å². The Bertz CT molecular complexity index is 620. The van der Waals surface area contributed by atoms with Crippen molar-refractivity contribution >= 4 is 17.5 Å². The molecule has 3 rings (SSSR count). The number of para-hydroxylation sites is 1. The van der Waals surface area contributed by atoms with E-state index < -0.39 is 0 Å². The number of anilines is 2. The van der Waals surface area contributed by atoms with Gasteiger partial charge in [-0.25, -0.2) is 4.79 Å². The fourth-order valence-corrected chi connectivity index (χ4v) is 2.69. The maximum absolute atomic E-state index is 12.0. The lowest BCUT2D eigenvalue weighted by atomic mass is 10.1. The fraction of sp³-hybridized carbons (Fsp3) is 0.316. The van der Waals surface area contributed by atoms with E-state index >= 15 is 0 Å². The van der Waals surface area contributed by atoms with Crippen molar-refractivity contribution < 1.29 is 9.53 Å². The highest BCUT2D eigenvalue weighted by Crippen LogP contribution is 2.17. The third-order valence-corrected chi connectivity index (χ3v) is 3.99. The second-order valence-corrected chi connectivity index (χ2v) is 5.79. The summed E-state index contributed by atoms with van der Waals surface area (Å²) < 4.78 is 5.39. The van der Waals surface area contributed by atoms with E-state index in [9.17, 15) is 4.79 Å². The number of nitrogens with zero attached hydrogens (tertiary/aromatic N) is 1. The van der Waals surface area contributed by atoms with Gasteiger partial charge in [0.15, 0.2) is 0 Å². The van der Waals surface area contributed by atoms with E-state index in [4.69, 9.17) is 4.74 Å². The van der Waals surface area contributed by atoms with Crippen LogP contribution in [0.2, 0.25) is 0 Å². The van der Waals surface area contributed by atoms with Crippen LogP contribution < -0.4 is 5.32 Å². The van der Waals surface area contributed by atoms with E-state index in [2.05, 4.69) is 5.32 Å². The van der Waals surface area contributed by atoms with Gasteiger partial charge in [-0.15, -0.1) is 0 Å². The van der Waals surface area contributed by atoms with Crippen molar-refractivity contribution in [2.24, 2.45) is 0 Å². The SMILES string of the molecule is O=C(OCc1ccc(Nc2ccccc2)cc1)N1CCCCC1. The molecule has 1 fully saturated rings. The van der Waals surface area contributed by atoms with Crippen LogP contribution in [0.15, 0.2) is 54.6 Å². The molecule has 1 saturated heterocycles. The molecule has 1 aliphatic heterocycles. The lowest BCUT2D eigenvalue weighted by Crippen LogP contribution is -2.35. The zero-order valence-corrected chi connectivity index (χ0v) is 13.2. The standard InChI is InChI=1S/C19H22N2O2/c22-19(21-13-5-2-6-14-21)23-15-16-9-11-18(12-10-16)20-17-7-3-1-4-8-17/h1,3-4,7-12,20H,2,5-6,13-15H2. The number of hydrogen-bond acceptors (Lipinski definition) is 3. The number of carbonyl (C=O) groups excluding carboxylic acids is 1. The molecule has 2 aromatic carbocycles. The predicted octanol–water partition coefficient (Wildman–Crippen LogP) is 4.55. The highest BCUT2D eigenvalue weighted by Gasteiger charge is 2.17. The number of hydrogen-bond donors (Lipinski definition) is 1. The number of ether oxygens (including phenoxy) is 1. The summed E-state index contributed by atoms with van der Waals surface area (Å²) in [5.41, 5.74) is 3.06. The number of amides is 1. The lowest BCUT2D eigenvalue weighted by molar-refractivity contribution is 0.0894. The van der Waals surface area contributed by atoms with Gasteiger partial charge < -0.3 is 15.0 Å². The van der Waals surface area contributed by atoms with Gasteiger partial charge in [-0.2, -0.15) is 0 Å². The topological polar surface area (TPSA) is 41.6 Å². The number of nitrogens with one attached hydrogen (secondary N) is 1. The normalized spacial score (nSPS) is 14.3. The highest BCUT2D eigenvalue weighted by molar-refractivity contribution is 5.67. The molecule has 0 aromatic heterocycles. The van der Waals surface area contributed by atoms with Gasteiger partial charge in [-0.3, -0.25) is 0 Å². The van der Waals surface area contributed by atoms with Crippen LogP contribution in [0, 0.1) is 0 Å². The average molecular weight is 310 g/mol. The Morgan fingerprint density at radius 2 is 1.57 bits per heavy atom. The molecule has 1 heterocycles. The lowest BCUT2D eigenvalue weighted by Gasteiger charge is -2.25. The molecule has 4 nitrogen and oxygen atoms in total. The third-order valence-electron chi connectivity index (χ3n) is 3.99. The van der Waals surface area contributed by atoms with Gasteiger partial charge >= 0.3 is 6.09 Å². The zero-order valence-electron chi connectivity index (χ0n) is 13.2. The first-order valence-electron chi connectivity index (χ1n) is 8.14. The van der Waals surface area contributed by atoms with Crippen LogP contribution in [0.5, 0.6) is 0 Å². The Morgan fingerprint density at radius 3 is 2.26 bits per heavy atom. The maximum Gasteiger partial charge on any atom is 0.410 e. The van der Waals surface area contributed by atoms with Gasteiger partial charge in [-0.05, 0) is 49.1 Å². The minimum atomic E-state index is -0.198. The van der Waals surface area contributed by atoms with E-state index in [0.717, 1.165) is 42.9 Å². The molecule has 0 spiro atoms. The van der Waals surface area contributed by atoms with Gasteiger partial charge in [0.25, 0.3) is 0 Å². The Kier molecular flexibility index (Phi) is 5.14. The molecule has 0 radical (unpaired) electrons. The second kappa shape index (κ2) is 7.68. The van der Waals surface area contributed by atoms with E-state index in [0.29, 0.717) is 6.61 Å². The first kappa shape index (κ1) is 15.4. The molecule has 1 amide bonds. The summed E-state index contributed by atoms with van der Waals surface area (Å²) >= 11 is 0. The molecule has 0 saturated carbocycles. The van der Waals surface area contributed by atoms with Gasteiger partial charge in [0.05, 0.1) is 0 Å².